The van der Waals surface area contributed by atoms with Gasteiger partial charge in [-0.3, -0.25) is 4.79 Å². The minimum Gasteiger partial charge on any atom is -0.428 e. The lowest BCUT2D eigenvalue weighted by Crippen LogP contribution is -2.23. The molecule has 1 rings (SSSR count). The average molecular weight is 306 g/mol. The fourth-order valence-electron chi connectivity index (χ4n) is 1.91. The quantitative estimate of drug-likeness (QED) is 0.363. The molecule has 114 valence electrons. The van der Waals surface area contributed by atoms with Crippen molar-refractivity contribution in [3.05, 3.63) is 35.6 Å². The van der Waals surface area contributed by atoms with Gasteiger partial charge in [-0.25, -0.2) is 0 Å². The Bertz CT molecular complexity index is 494. The first kappa shape index (κ1) is 17.2. The number of nitrogens with one attached hydrogen (secondary N) is 1. The highest BCUT2D eigenvalue weighted by Crippen LogP contribution is 2.16. The van der Waals surface area contributed by atoms with Gasteiger partial charge >= 0.3 is 0 Å². The van der Waals surface area contributed by atoms with Gasteiger partial charge in [0.15, 0.2) is 12.0 Å². The molecular formula is C16H22N2O2S. The van der Waals surface area contributed by atoms with E-state index >= 15 is 0 Å². The number of carbonyl (C=O) groups is 1. The summed E-state index contributed by atoms with van der Waals surface area (Å²) in [5.74, 6) is 0.191. The molecule has 0 saturated carbocycles. The minimum atomic E-state index is 0.191. The number of ether oxygens (including phenoxy) is 1. The van der Waals surface area contributed by atoms with Crippen LogP contribution in [0.2, 0.25) is 0 Å². The Balaban J connectivity index is 2.82. The molecule has 0 fully saturated rings. The molecule has 0 aromatic heterocycles. The monoisotopic (exact) mass is 306 g/mol. The zero-order chi connectivity index (χ0) is 15.7. The number of anilines is 1. The second kappa shape index (κ2) is 9.13. The van der Waals surface area contributed by atoms with Gasteiger partial charge in [-0.05, 0) is 56.8 Å². The molecule has 0 spiro atoms. The largest absolute Gasteiger partial charge is 0.428 e. The van der Waals surface area contributed by atoms with Crippen LogP contribution >= 0.6 is 12.2 Å². The van der Waals surface area contributed by atoms with Crippen LogP contribution < -0.4 is 10.2 Å². The third kappa shape index (κ3) is 5.55. The summed E-state index contributed by atoms with van der Waals surface area (Å²) in [5.41, 5.74) is 2.06. The van der Waals surface area contributed by atoms with Crippen molar-refractivity contribution in [3.8, 4) is 0 Å². The Morgan fingerprint density at radius 2 is 1.86 bits per heavy atom. The average Bonchev–Trinajstić information content (AvgIpc) is 2.49. The van der Waals surface area contributed by atoms with Crippen molar-refractivity contribution >= 4 is 35.4 Å². The fourth-order valence-corrected chi connectivity index (χ4v) is 2.15. The predicted molar refractivity (Wildman–Crippen MR) is 91.4 cm³/mol. The van der Waals surface area contributed by atoms with Gasteiger partial charge in [-0.1, -0.05) is 12.1 Å². The van der Waals surface area contributed by atoms with Crippen LogP contribution in [0.25, 0.3) is 6.08 Å². The van der Waals surface area contributed by atoms with E-state index in [2.05, 4.69) is 24.1 Å². The SMILES string of the molecule is CCNC(=S)O/C(C=O)=C/c1ccc(N(CC)CC)cc1. The molecule has 21 heavy (non-hydrogen) atoms. The summed E-state index contributed by atoms with van der Waals surface area (Å²) in [5, 5.41) is 3.04. The Hall–Kier alpha value is -1.88. The van der Waals surface area contributed by atoms with E-state index in [9.17, 15) is 4.79 Å². The molecular weight excluding hydrogens is 284 g/mol. The zero-order valence-electron chi connectivity index (χ0n) is 12.8. The van der Waals surface area contributed by atoms with Crippen LogP contribution in [0, 0.1) is 0 Å². The number of allylic oxidation sites excluding steroid dienone is 1. The first-order valence-electron chi connectivity index (χ1n) is 7.12. The van der Waals surface area contributed by atoms with Crippen LogP contribution in [0.5, 0.6) is 0 Å². The molecule has 0 atom stereocenters. The number of rotatable bonds is 7. The standard InChI is InChI=1S/C16H22N2O2S/c1-4-17-16(21)20-15(12-19)11-13-7-9-14(10-8-13)18(5-2)6-3/h7-12H,4-6H2,1-3H3,(H,17,21)/b15-11+. The van der Waals surface area contributed by atoms with Gasteiger partial charge in [0.1, 0.15) is 0 Å². The van der Waals surface area contributed by atoms with Crippen molar-refractivity contribution in [2.75, 3.05) is 24.5 Å². The van der Waals surface area contributed by atoms with Gasteiger partial charge in [0.2, 0.25) is 0 Å². The summed E-state index contributed by atoms with van der Waals surface area (Å²) >= 11 is 4.96. The fraction of sp³-hybridized carbons (Fsp3) is 0.375. The molecule has 0 heterocycles. The number of hydrogen-bond donors (Lipinski definition) is 1. The van der Waals surface area contributed by atoms with Crippen molar-refractivity contribution in [3.63, 3.8) is 0 Å². The maximum Gasteiger partial charge on any atom is 0.262 e. The number of hydrogen-bond acceptors (Lipinski definition) is 4. The normalized spacial score (nSPS) is 10.9. The lowest BCUT2D eigenvalue weighted by Gasteiger charge is -2.20. The van der Waals surface area contributed by atoms with Crippen molar-refractivity contribution in [1.82, 2.24) is 5.32 Å². The van der Waals surface area contributed by atoms with Crippen LogP contribution in [0.1, 0.15) is 26.3 Å². The number of aldehydes is 1. The highest BCUT2D eigenvalue weighted by atomic mass is 32.1. The third-order valence-corrected chi connectivity index (χ3v) is 3.21. The van der Waals surface area contributed by atoms with E-state index in [1.165, 1.54) is 0 Å². The van der Waals surface area contributed by atoms with Crippen molar-refractivity contribution in [2.24, 2.45) is 0 Å². The van der Waals surface area contributed by atoms with Gasteiger partial charge in [0.25, 0.3) is 5.17 Å². The highest BCUT2D eigenvalue weighted by Gasteiger charge is 2.03. The number of benzene rings is 1. The smallest absolute Gasteiger partial charge is 0.262 e. The van der Waals surface area contributed by atoms with E-state index in [-0.39, 0.29) is 10.9 Å². The molecule has 0 amide bonds. The zero-order valence-corrected chi connectivity index (χ0v) is 13.6. The molecule has 5 heteroatoms. The van der Waals surface area contributed by atoms with Crippen molar-refractivity contribution in [2.45, 2.75) is 20.8 Å². The molecule has 4 nitrogen and oxygen atoms in total. The molecule has 1 N–H and O–H groups in total. The minimum absolute atomic E-state index is 0.191. The Morgan fingerprint density at radius 1 is 1.24 bits per heavy atom. The van der Waals surface area contributed by atoms with Crippen LogP contribution in [0.3, 0.4) is 0 Å². The number of nitrogens with zero attached hydrogens (tertiary/aromatic N) is 1. The van der Waals surface area contributed by atoms with Gasteiger partial charge in [-0.15, -0.1) is 0 Å². The van der Waals surface area contributed by atoms with E-state index in [0.29, 0.717) is 12.8 Å². The highest BCUT2D eigenvalue weighted by molar-refractivity contribution is 7.80. The Morgan fingerprint density at radius 3 is 2.33 bits per heavy atom. The first-order chi connectivity index (χ1) is 10.1. The molecule has 0 radical (unpaired) electrons. The van der Waals surface area contributed by atoms with Crippen molar-refractivity contribution in [1.29, 1.82) is 0 Å². The summed E-state index contributed by atoms with van der Waals surface area (Å²) in [6.45, 7) is 8.74. The predicted octanol–water partition coefficient (Wildman–Crippen LogP) is 2.98. The molecule has 0 bridgehead atoms. The van der Waals surface area contributed by atoms with E-state index in [4.69, 9.17) is 17.0 Å². The maximum atomic E-state index is 11.0. The lowest BCUT2D eigenvalue weighted by molar-refractivity contribution is -0.106. The van der Waals surface area contributed by atoms with E-state index in [0.717, 1.165) is 24.3 Å². The number of thiocarbonyl (C=S) groups is 1. The van der Waals surface area contributed by atoms with Gasteiger partial charge in [0.05, 0.1) is 0 Å². The molecule has 0 aliphatic carbocycles. The lowest BCUT2D eigenvalue weighted by atomic mass is 10.1. The second-order valence-electron chi connectivity index (χ2n) is 4.35. The molecule has 0 unspecified atom stereocenters. The maximum absolute atomic E-state index is 11.0. The van der Waals surface area contributed by atoms with Gasteiger partial charge in [-0.2, -0.15) is 0 Å². The third-order valence-electron chi connectivity index (χ3n) is 2.98. The van der Waals surface area contributed by atoms with E-state index in [1.807, 2.05) is 31.2 Å². The summed E-state index contributed by atoms with van der Waals surface area (Å²) in [6.07, 6.45) is 2.32. The van der Waals surface area contributed by atoms with E-state index < -0.39 is 0 Å². The van der Waals surface area contributed by atoms with Crippen molar-refractivity contribution < 1.29 is 9.53 Å². The topological polar surface area (TPSA) is 41.6 Å². The molecule has 0 saturated heterocycles. The first-order valence-corrected chi connectivity index (χ1v) is 7.52. The summed E-state index contributed by atoms with van der Waals surface area (Å²) in [4.78, 5) is 13.3. The summed E-state index contributed by atoms with van der Waals surface area (Å²) in [6, 6.07) is 7.97. The molecule has 0 aliphatic rings. The molecule has 1 aromatic rings. The van der Waals surface area contributed by atoms with Crippen LogP contribution in [0.15, 0.2) is 30.0 Å². The number of carbonyl (C=O) groups excluding carboxylic acids is 1. The summed E-state index contributed by atoms with van der Waals surface area (Å²) < 4.78 is 5.27. The Kier molecular flexibility index (Phi) is 7.46. The van der Waals surface area contributed by atoms with Gasteiger partial charge < -0.3 is 15.0 Å². The van der Waals surface area contributed by atoms with E-state index in [1.54, 1.807) is 6.08 Å². The van der Waals surface area contributed by atoms with Gasteiger partial charge in [0, 0.05) is 25.3 Å². The van der Waals surface area contributed by atoms with Crippen LogP contribution in [0.4, 0.5) is 5.69 Å². The molecule has 0 aliphatic heterocycles. The molecule has 1 aromatic carbocycles. The van der Waals surface area contributed by atoms with Crippen LogP contribution in [-0.4, -0.2) is 31.1 Å². The Labute approximate surface area is 131 Å². The second-order valence-corrected chi connectivity index (χ2v) is 4.72. The van der Waals surface area contributed by atoms with Crippen LogP contribution in [-0.2, 0) is 9.53 Å². The summed E-state index contributed by atoms with van der Waals surface area (Å²) in [7, 11) is 0.